The molecule has 4 nitrogen and oxygen atoms in total. The SMILES string of the molecule is CCOc1ccc(/C=C/C(=O)Oc2ccc(CC)cc2)cc1OC. The Labute approximate surface area is 142 Å². The number of carbonyl (C=O) groups excluding carboxylic acids is 1. The summed E-state index contributed by atoms with van der Waals surface area (Å²) in [5.41, 5.74) is 2.03. The van der Waals surface area contributed by atoms with Crippen LogP contribution in [0.3, 0.4) is 0 Å². The van der Waals surface area contributed by atoms with Crippen LogP contribution < -0.4 is 14.2 Å². The topological polar surface area (TPSA) is 44.8 Å². The zero-order chi connectivity index (χ0) is 17.4. The van der Waals surface area contributed by atoms with Crippen LogP contribution in [-0.4, -0.2) is 19.7 Å². The van der Waals surface area contributed by atoms with E-state index in [9.17, 15) is 4.79 Å². The molecule has 0 heterocycles. The van der Waals surface area contributed by atoms with Gasteiger partial charge in [-0.25, -0.2) is 4.79 Å². The van der Waals surface area contributed by atoms with E-state index in [-0.39, 0.29) is 0 Å². The van der Waals surface area contributed by atoms with Crippen molar-refractivity contribution in [1.82, 2.24) is 0 Å². The van der Waals surface area contributed by atoms with E-state index in [1.165, 1.54) is 11.6 Å². The largest absolute Gasteiger partial charge is 0.493 e. The van der Waals surface area contributed by atoms with Gasteiger partial charge in [-0.3, -0.25) is 0 Å². The molecule has 0 aromatic heterocycles. The van der Waals surface area contributed by atoms with Gasteiger partial charge in [-0.2, -0.15) is 0 Å². The molecule has 0 spiro atoms. The fraction of sp³-hybridized carbons (Fsp3) is 0.250. The van der Waals surface area contributed by atoms with E-state index >= 15 is 0 Å². The first-order valence-corrected chi connectivity index (χ1v) is 7.96. The molecule has 126 valence electrons. The van der Waals surface area contributed by atoms with Crippen molar-refractivity contribution in [2.24, 2.45) is 0 Å². The quantitative estimate of drug-likeness (QED) is 0.433. The van der Waals surface area contributed by atoms with E-state index in [0.29, 0.717) is 23.9 Å². The number of esters is 1. The van der Waals surface area contributed by atoms with Crippen LogP contribution in [0.4, 0.5) is 0 Å². The molecule has 2 aromatic rings. The molecule has 0 fully saturated rings. The van der Waals surface area contributed by atoms with E-state index in [1.807, 2.05) is 37.3 Å². The molecule has 2 rings (SSSR count). The lowest BCUT2D eigenvalue weighted by Gasteiger charge is -2.09. The second-order valence-corrected chi connectivity index (χ2v) is 5.10. The molecule has 0 atom stereocenters. The van der Waals surface area contributed by atoms with Crippen molar-refractivity contribution < 1.29 is 19.0 Å². The molecular weight excluding hydrogens is 304 g/mol. The molecule has 0 aliphatic rings. The summed E-state index contributed by atoms with van der Waals surface area (Å²) >= 11 is 0. The molecular formula is C20H22O4. The second-order valence-electron chi connectivity index (χ2n) is 5.10. The van der Waals surface area contributed by atoms with Crippen LogP contribution in [0.15, 0.2) is 48.5 Å². The number of hydrogen-bond acceptors (Lipinski definition) is 4. The van der Waals surface area contributed by atoms with Crippen LogP contribution in [0.25, 0.3) is 6.08 Å². The molecule has 0 bridgehead atoms. The highest BCUT2D eigenvalue weighted by Crippen LogP contribution is 2.28. The third kappa shape index (κ3) is 4.88. The third-order valence-electron chi connectivity index (χ3n) is 3.45. The summed E-state index contributed by atoms with van der Waals surface area (Å²) < 4.78 is 16.0. The zero-order valence-electron chi connectivity index (χ0n) is 14.2. The molecule has 0 radical (unpaired) electrons. The number of benzene rings is 2. The number of carbonyl (C=O) groups is 1. The van der Waals surface area contributed by atoms with Crippen LogP contribution in [0.2, 0.25) is 0 Å². The van der Waals surface area contributed by atoms with Crippen molar-refractivity contribution in [3.8, 4) is 17.2 Å². The summed E-state index contributed by atoms with van der Waals surface area (Å²) in [5.74, 6) is 1.41. The Hall–Kier alpha value is -2.75. The maximum Gasteiger partial charge on any atom is 0.336 e. The fourth-order valence-electron chi connectivity index (χ4n) is 2.17. The molecule has 4 heteroatoms. The molecule has 0 saturated carbocycles. The monoisotopic (exact) mass is 326 g/mol. The molecule has 0 aliphatic carbocycles. The molecule has 2 aromatic carbocycles. The average molecular weight is 326 g/mol. The number of hydrogen-bond donors (Lipinski definition) is 0. The molecule has 0 saturated heterocycles. The molecule has 0 amide bonds. The average Bonchev–Trinajstić information content (AvgIpc) is 2.61. The lowest BCUT2D eigenvalue weighted by molar-refractivity contribution is -0.128. The van der Waals surface area contributed by atoms with Crippen molar-refractivity contribution in [1.29, 1.82) is 0 Å². The van der Waals surface area contributed by atoms with Crippen LogP contribution in [-0.2, 0) is 11.2 Å². The Kier molecular flexibility index (Phi) is 6.43. The Bertz CT molecular complexity index is 702. The first-order valence-electron chi connectivity index (χ1n) is 7.96. The van der Waals surface area contributed by atoms with Gasteiger partial charge in [0.05, 0.1) is 13.7 Å². The number of aryl methyl sites for hydroxylation is 1. The van der Waals surface area contributed by atoms with Crippen LogP contribution >= 0.6 is 0 Å². The van der Waals surface area contributed by atoms with Gasteiger partial charge < -0.3 is 14.2 Å². The second kappa shape index (κ2) is 8.77. The van der Waals surface area contributed by atoms with Gasteiger partial charge in [0.15, 0.2) is 11.5 Å². The van der Waals surface area contributed by atoms with Crippen molar-refractivity contribution >= 4 is 12.0 Å². The van der Waals surface area contributed by atoms with Gasteiger partial charge >= 0.3 is 5.97 Å². The summed E-state index contributed by atoms with van der Waals surface area (Å²) in [4.78, 5) is 11.9. The highest BCUT2D eigenvalue weighted by Gasteiger charge is 2.05. The highest BCUT2D eigenvalue weighted by molar-refractivity contribution is 5.88. The summed E-state index contributed by atoms with van der Waals surface area (Å²) in [6, 6.07) is 13.0. The van der Waals surface area contributed by atoms with E-state index in [4.69, 9.17) is 14.2 Å². The van der Waals surface area contributed by atoms with Crippen molar-refractivity contribution in [3.63, 3.8) is 0 Å². The van der Waals surface area contributed by atoms with E-state index < -0.39 is 5.97 Å². The standard InChI is InChI=1S/C20H22O4/c1-4-15-6-10-17(11-7-15)24-20(21)13-9-16-8-12-18(23-5-2)19(14-16)22-3/h6-14H,4-5H2,1-3H3/b13-9+. The van der Waals surface area contributed by atoms with E-state index in [1.54, 1.807) is 25.3 Å². The molecule has 0 unspecified atom stereocenters. The van der Waals surface area contributed by atoms with E-state index in [0.717, 1.165) is 12.0 Å². The van der Waals surface area contributed by atoms with Gasteiger partial charge in [-0.15, -0.1) is 0 Å². The number of rotatable bonds is 7. The zero-order valence-corrected chi connectivity index (χ0v) is 14.2. The van der Waals surface area contributed by atoms with Crippen molar-refractivity contribution in [2.75, 3.05) is 13.7 Å². The summed E-state index contributed by atoms with van der Waals surface area (Å²) in [5, 5.41) is 0. The highest BCUT2D eigenvalue weighted by atomic mass is 16.5. The summed E-state index contributed by atoms with van der Waals surface area (Å²) in [6.45, 7) is 4.56. The van der Waals surface area contributed by atoms with Gasteiger partial charge in [0.2, 0.25) is 0 Å². The van der Waals surface area contributed by atoms with Crippen LogP contribution in [0.5, 0.6) is 17.2 Å². The van der Waals surface area contributed by atoms with Gasteiger partial charge in [0, 0.05) is 6.08 Å². The van der Waals surface area contributed by atoms with Crippen molar-refractivity contribution in [2.45, 2.75) is 20.3 Å². The smallest absolute Gasteiger partial charge is 0.336 e. The van der Waals surface area contributed by atoms with Gasteiger partial charge in [0.25, 0.3) is 0 Å². The molecule has 0 N–H and O–H groups in total. The number of ether oxygens (including phenoxy) is 3. The Balaban J connectivity index is 2.02. The lowest BCUT2D eigenvalue weighted by atomic mass is 10.2. The number of methoxy groups -OCH3 is 1. The Morgan fingerprint density at radius 2 is 1.79 bits per heavy atom. The van der Waals surface area contributed by atoms with Gasteiger partial charge in [0.1, 0.15) is 5.75 Å². The molecule has 0 aliphatic heterocycles. The van der Waals surface area contributed by atoms with Gasteiger partial charge in [-0.05, 0) is 54.8 Å². The lowest BCUT2D eigenvalue weighted by Crippen LogP contribution is -2.03. The maximum atomic E-state index is 11.9. The van der Waals surface area contributed by atoms with Crippen LogP contribution in [0.1, 0.15) is 25.0 Å². The van der Waals surface area contributed by atoms with Gasteiger partial charge in [-0.1, -0.05) is 25.1 Å². The minimum Gasteiger partial charge on any atom is -0.493 e. The summed E-state index contributed by atoms with van der Waals surface area (Å²) in [7, 11) is 1.58. The fourth-order valence-corrected chi connectivity index (χ4v) is 2.17. The minimum absolute atomic E-state index is 0.424. The summed E-state index contributed by atoms with van der Waals surface area (Å²) in [6.07, 6.45) is 4.03. The first kappa shape index (κ1) is 17.6. The third-order valence-corrected chi connectivity index (χ3v) is 3.45. The maximum absolute atomic E-state index is 11.9. The predicted molar refractivity (Wildman–Crippen MR) is 94.7 cm³/mol. The first-order chi connectivity index (χ1) is 11.7. The van der Waals surface area contributed by atoms with Crippen molar-refractivity contribution in [3.05, 3.63) is 59.7 Å². The predicted octanol–water partition coefficient (Wildman–Crippen LogP) is 4.28. The minimum atomic E-state index is -0.424. The molecule has 24 heavy (non-hydrogen) atoms. The normalized spacial score (nSPS) is 10.6. The Morgan fingerprint density at radius 3 is 2.42 bits per heavy atom. The Morgan fingerprint density at radius 1 is 1.04 bits per heavy atom. The van der Waals surface area contributed by atoms with Crippen LogP contribution in [0, 0.1) is 0 Å². The van der Waals surface area contributed by atoms with E-state index in [2.05, 4.69) is 6.92 Å².